The molecule has 1 aliphatic rings. The van der Waals surface area contributed by atoms with Crippen LogP contribution in [-0.2, 0) is 4.74 Å². The highest BCUT2D eigenvalue weighted by Crippen LogP contribution is 2.34. The lowest BCUT2D eigenvalue weighted by Gasteiger charge is -2.16. The minimum Gasteiger partial charge on any atom is -0.440 e. The molecule has 0 unspecified atom stereocenters. The van der Waals surface area contributed by atoms with Crippen LogP contribution in [0.1, 0.15) is 11.8 Å². The highest BCUT2D eigenvalue weighted by Gasteiger charge is 2.32. The van der Waals surface area contributed by atoms with E-state index < -0.39 is 6.10 Å². The number of hydrogen-bond acceptors (Lipinski definition) is 5. The third kappa shape index (κ3) is 2.46. The molecule has 6 heteroatoms. The second-order valence-electron chi connectivity index (χ2n) is 5.66. The Hall–Kier alpha value is -2.44. The van der Waals surface area contributed by atoms with E-state index in [1.807, 2.05) is 41.8 Å². The summed E-state index contributed by atoms with van der Waals surface area (Å²) in [5.41, 5.74) is 2.52. The SMILES string of the molecule is Cc1cnc(-c2c(-c3ccccc3)ncn2[C@@H]2COC[C@H]2O)o1. The fourth-order valence-electron chi connectivity index (χ4n) is 2.89. The Morgan fingerprint density at radius 2 is 2.00 bits per heavy atom. The summed E-state index contributed by atoms with van der Waals surface area (Å²) in [6.45, 7) is 2.62. The highest BCUT2D eigenvalue weighted by molar-refractivity contribution is 5.74. The van der Waals surface area contributed by atoms with Crippen LogP contribution in [0.3, 0.4) is 0 Å². The van der Waals surface area contributed by atoms with Crippen LogP contribution < -0.4 is 0 Å². The molecule has 0 radical (unpaired) electrons. The first-order valence-electron chi connectivity index (χ1n) is 7.55. The van der Waals surface area contributed by atoms with E-state index in [0.29, 0.717) is 19.1 Å². The van der Waals surface area contributed by atoms with Crippen LogP contribution in [0.4, 0.5) is 0 Å². The average molecular weight is 311 g/mol. The predicted molar refractivity (Wildman–Crippen MR) is 83.8 cm³/mol. The first-order chi connectivity index (χ1) is 11.2. The molecular formula is C17H17N3O3. The molecule has 23 heavy (non-hydrogen) atoms. The molecular weight excluding hydrogens is 294 g/mol. The maximum absolute atomic E-state index is 10.2. The molecule has 0 bridgehead atoms. The van der Waals surface area contributed by atoms with Gasteiger partial charge in [-0.2, -0.15) is 0 Å². The fourth-order valence-corrected chi connectivity index (χ4v) is 2.89. The lowest BCUT2D eigenvalue weighted by molar-refractivity contribution is 0.119. The van der Waals surface area contributed by atoms with E-state index >= 15 is 0 Å². The Kier molecular flexibility index (Phi) is 3.48. The van der Waals surface area contributed by atoms with Crippen molar-refractivity contribution in [1.82, 2.24) is 14.5 Å². The Morgan fingerprint density at radius 1 is 1.17 bits per heavy atom. The van der Waals surface area contributed by atoms with Gasteiger partial charge in [-0.05, 0) is 6.92 Å². The highest BCUT2D eigenvalue weighted by atomic mass is 16.5. The smallest absolute Gasteiger partial charge is 0.245 e. The van der Waals surface area contributed by atoms with Crippen LogP contribution in [-0.4, -0.2) is 39.0 Å². The number of aliphatic hydroxyl groups excluding tert-OH is 1. The zero-order chi connectivity index (χ0) is 15.8. The summed E-state index contributed by atoms with van der Waals surface area (Å²) in [5.74, 6) is 1.23. The zero-order valence-electron chi connectivity index (χ0n) is 12.7. The van der Waals surface area contributed by atoms with E-state index in [9.17, 15) is 5.11 Å². The molecule has 0 saturated carbocycles. The van der Waals surface area contributed by atoms with Gasteiger partial charge < -0.3 is 18.8 Å². The summed E-state index contributed by atoms with van der Waals surface area (Å²) in [6, 6.07) is 9.69. The Balaban J connectivity index is 1.89. The van der Waals surface area contributed by atoms with Gasteiger partial charge in [0, 0.05) is 5.56 Å². The molecule has 3 aromatic rings. The molecule has 1 aromatic carbocycles. The molecule has 2 atom stereocenters. The third-order valence-electron chi connectivity index (χ3n) is 4.04. The third-order valence-corrected chi connectivity index (χ3v) is 4.04. The second kappa shape index (κ2) is 5.64. The van der Waals surface area contributed by atoms with Crippen LogP contribution in [0.5, 0.6) is 0 Å². The van der Waals surface area contributed by atoms with Crippen LogP contribution in [0, 0.1) is 6.92 Å². The zero-order valence-corrected chi connectivity index (χ0v) is 12.7. The van der Waals surface area contributed by atoms with Gasteiger partial charge in [-0.3, -0.25) is 0 Å². The summed E-state index contributed by atoms with van der Waals surface area (Å²) in [4.78, 5) is 8.90. The number of nitrogens with zero attached hydrogens (tertiary/aromatic N) is 3. The quantitative estimate of drug-likeness (QED) is 0.804. The summed E-state index contributed by atoms with van der Waals surface area (Å²) in [5, 5.41) is 10.2. The van der Waals surface area contributed by atoms with E-state index in [-0.39, 0.29) is 6.04 Å². The lowest BCUT2D eigenvalue weighted by atomic mass is 10.1. The van der Waals surface area contributed by atoms with Gasteiger partial charge in [0.15, 0.2) is 0 Å². The van der Waals surface area contributed by atoms with Gasteiger partial charge in [-0.15, -0.1) is 0 Å². The van der Waals surface area contributed by atoms with Crippen molar-refractivity contribution in [1.29, 1.82) is 0 Å². The summed E-state index contributed by atoms with van der Waals surface area (Å²) >= 11 is 0. The second-order valence-corrected chi connectivity index (χ2v) is 5.66. The normalized spacial score (nSPS) is 21.0. The fraction of sp³-hybridized carbons (Fsp3) is 0.294. The van der Waals surface area contributed by atoms with Gasteiger partial charge in [0.25, 0.3) is 0 Å². The molecule has 0 aliphatic carbocycles. The number of imidazole rings is 1. The number of hydrogen-bond donors (Lipinski definition) is 1. The van der Waals surface area contributed by atoms with Gasteiger partial charge in [0.1, 0.15) is 23.3 Å². The van der Waals surface area contributed by atoms with E-state index in [4.69, 9.17) is 9.15 Å². The molecule has 0 amide bonds. The van der Waals surface area contributed by atoms with E-state index in [2.05, 4.69) is 9.97 Å². The molecule has 1 N–H and O–H groups in total. The van der Waals surface area contributed by atoms with Crippen LogP contribution in [0.25, 0.3) is 22.8 Å². The first-order valence-corrected chi connectivity index (χ1v) is 7.55. The van der Waals surface area contributed by atoms with Crippen LogP contribution in [0.2, 0.25) is 0 Å². The Morgan fingerprint density at radius 3 is 2.65 bits per heavy atom. The molecule has 3 heterocycles. The van der Waals surface area contributed by atoms with E-state index in [0.717, 1.165) is 22.7 Å². The summed E-state index contributed by atoms with van der Waals surface area (Å²) in [6.07, 6.45) is 2.84. The lowest BCUT2D eigenvalue weighted by Crippen LogP contribution is -2.22. The largest absolute Gasteiger partial charge is 0.440 e. The van der Waals surface area contributed by atoms with Crippen molar-refractivity contribution in [3.8, 4) is 22.8 Å². The van der Waals surface area contributed by atoms with Gasteiger partial charge in [-0.25, -0.2) is 9.97 Å². The Labute approximate surface area is 133 Å². The van der Waals surface area contributed by atoms with Crippen molar-refractivity contribution in [2.45, 2.75) is 19.1 Å². The number of benzene rings is 1. The molecule has 1 saturated heterocycles. The van der Waals surface area contributed by atoms with Crippen molar-refractivity contribution in [3.63, 3.8) is 0 Å². The molecule has 2 aromatic heterocycles. The first kappa shape index (κ1) is 14.2. The molecule has 1 fully saturated rings. The summed E-state index contributed by atoms with van der Waals surface area (Å²) in [7, 11) is 0. The van der Waals surface area contributed by atoms with Crippen molar-refractivity contribution in [3.05, 3.63) is 48.6 Å². The van der Waals surface area contributed by atoms with Crippen molar-refractivity contribution < 1.29 is 14.3 Å². The number of oxazole rings is 1. The number of rotatable bonds is 3. The minimum absolute atomic E-state index is 0.192. The van der Waals surface area contributed by atoms with Gasteiger partial charge >= 0.3 is 0 Å². The predicted octanol–water partition coefficient (Wildman–Crippen LogP) is 2.45. The van der Waals surface area contributed by atoms with Crippen LogP contribution >= 0.6 is 0 Å². The maximum Gasteiger partial charge on any atom is 0.245 e. The standard InChI is InChI=1S/C17H17N3O3/c1-11-7-18-17(23-11)16-15(12-5-3-2-4-6-12)19-10-20(16)13-8-22-9-14(13)21/h2-7,10,13-14,21H,8-9H2,1H3/t13-,14-/m1/s1. The topological polar surface area (TPSA) is 73.3 Å². The van der Waals surface area contributed by atoms with Crippen LogP contribution in [0.15, 0.2) is 47.3 Å². The molecule has 4 rings (SSSR count). The maximum atomic E-state index is 10.2. The van der Waals surface area contributed by atoms with Crippen molar-refractivity contribution in [2.24, 2.45) is 0 Å². The van der Waals surface area contributed by atoms with E-state index in [1.165, 1.54) is 0 Å². The number of ether oxygens (including phenoxy) is 1. The van der Waals surface area contributed by atoms with Crippen molar-refractivity contribution >= 4 is 0 Å². The monoisotopic (exact) mass is 311 g/mol. The molecule has 118 valence electrons. The molecule has 0 spiro atoms. The van der Waals surface area contributed by atoms with E-state index in [1.54, 1.807) is 12.5 Å². The number of aromatic nitrogens is 3. The number of aryl methyl sites for hydroxylation is 1. The summed E-state index contributed by atoms with van der Waals surface area (Å²) < 4.78 is 13.0. The minimum atomic E-state index is -0.567. The average Bonchev–Trinajstić information content (AvgIpc) is 3.27. The Bertz CT molecular complexity index is 810. The van der Waals surface area contributed by atoms with Gasteiger partial charge in [0.05, 0.1) is 31.8 Å². The molecule has 6 nitrogen and oxygen atoms in total. The van der Waals surface area contributed by atoms with Gasteiger partial charge in [0.2, 0.25) is 5.89 Å². The van der Waals surface area contributed by atoms with Crippen molar-refractivity contribution in [2.75, 3.05) is 13.2 Å². The molecule has 1 aliphatic heterocycles. The van der Waals surface area contributed by atoms with Gasteiger partial charge in [-0.1, -0.05) is 30.3 Å². The number of aliphatic hydroxyl groups is 1.